The van der Waals surface area contributed by atoms with Gasteiger partial charge in [-0.2, -0.15) is 5.10 Å². The maximum Gasteiger partial charge on any atom is 0.317 e. The summed E-state index contributed by atoms with van der Waals surface area (Å²) in [6.45, 7) is 4.63. The lowest BCUT2D eigenvalue weighted by molar-refractivity contribution is 0.187. The number of aromatic nitrogens is 2. The Bertz CT molecular complexity index is 653. The molecule has 1 aromatic heterocycles. The van der Waals surface area contributed by atoms with E-state index in [1.165, 1.54) is 0 Å². The number of likely N-dealkylation sites (N-methyl/N-ethyl adjacent to an activating group) is 1. The van der Waals surface area contributed by atoms with Gasteiger partial charge < -0.3 is 10.2 Å². The van der Waals surface area contributed by atoms with Crippen molar-refractivity contribution in [2.24, 2.45) is 7.05 Å². The molecule has 0 aliphatic carbocycles. The van der Waals surface area contributed by atoms with Crippen molar-refractivity contribution in [1.82, 2.24) is 20.0 Å². The number of nitrogens with zero attached hydrogens (tertiary/aromatic N) is 3. The lowest BCUT2D eigenvalue weighted by Crippen LogP contribution is -2.44. The van der Waals surface area contributed by atoms with Crippen LogP contribution < -0.4 is 5.32 Å². The van der Waals surface area contributed by atoms with Crippen LogP contribution in [0.4, 0.5) is 4.79 Å². The fourth-order valence-corrected chi connectivity index (χ4v) is 2.56. The molecule has 0 bridgehead atoms. The molecule has 5 nitrogen and oxygen atoms in total. The Kier molecular flexibility index (Phi) is 5.66. The van der Waals surface area contributed by atoms with E-state index in [9.17, 15) is 4.79 Å². The van der Waals surface area contributed by atoms with Crippen LogP contribution in [0.2, 0.25) is 5.02 Å². The molecule has 2 amide bonds. The van der Waals surface area contributed by atoms with Gasteiger partial charge in [0.2, 0.25) is 0 Å². The van der Waals surface area contributed by atoms with Crippen molar-refractivity contribution in [2.75, 3.05) is 7.05 Å². The number of nitrogens with one attached hydrogen (secondary N) is 1. The molecule has 0 aliphatic rings. The summed E-state index contributed by atoms with van der Waals surface area (Å²) in [5.74, 6) is 0.210. The Balaban J connectivity index is 1.93. The highest BCUT2D eigenvalue weighted by Crippen LogP contribution is 2.23. The van der Waals surface area contributed by atoms with Crippen LogP contribution in [0.15, 0.2) is 36.7 Å². The molecule has 1 heterocycles. The van der Waals surface area contributed by atoms with Crippen LogP contribution >= 0.6 is 11.6 Å². The van der Waals surface area contributed by atoms with Crippen molar-refractivity contribution in [3.63, 3.8) is 0 Å². The number of rotatable bonds is 5. The molecular formula is C17H23ClN4O. The molecule has 0 unspecified atom stereocenters. The number of hydrogen-bond donors (Lipinski definition) is 1. The first kappa shape index (κ1) is 17.3. The zero-order chi connectivity index (χ0) is 17.0. The SMILES string of the molecule is C[C@H](c1ccc(Cl)cc1)[C@H](C)N(C)C(=O)NCc1cnn(C)c1. The molecule has 0 aliphatic heterocycles. The first-order chi connectivity index (χ1) is 10.9. The van der Waals surface area contributed by atoms with Gasteiger partial charge in [-0.15, -0.1) is 0 Å². The number of urea groups is 1. The van der Waals surface area contributed by atoms with E-state index in [1.54, 1.807) is 15.8 Å². The highest BCUT2D eigenvalue weighted by molar-refractivity contribution is 6.30. The fourth-order valence-electron chi connectivity index (χ4n) is 2.43. The lowest BCUT2D eigenvalue weighted by Gasteiger charge is -2.30. The first-order valence-electron chi connectivity index (χ1n) is 7.62. The van der Waals surface area contributed by atoms with Crippen LogP contribution in [-0.2, 0) is 13.6 Å². The number of hydrogen-bond acceptors (Lipinski definition) is 2. The van der Waals surface area contributed by atoms with Crippen molar-refractivity contribution in [2.45, 2.75) is 32.4 Å². The van der Waals surface area contributed by atoms with Gasteiger partial charge in [-0.25, -0.2) is 4.79 Å². The second kappa shape index (κ2) is 7.51. The second-order valence-electron chi connectivity index (χ2n) is 5.87. The van der Waals surface area contributed by atoms with Gasteiger partial charge in [0.05, 0.1) is 6.20 Å². The molecule has 0 saturated carbocycles. The molecule has 124 valence electrons. The molecule has 1 N–H and O–H groups in total. The minimum absolute atomic E-state index is 0.0603. The average molecular weight is 335 g/mol. The third-order valence-corrected chi connectivity index (χ3v) is 4.50. The molecule has 0 spiro atoms. The molecule has 2 rings (SSSR count). The quantitative estimate of drug-likeness (QED) is 0.911. The van der Waals surface area contributed by atoms with Gasteiger partial charge in [0.1, 0.15) is 0 Å². The third kappa shape index (κ3) is 4.48. The Hall–Kier alpha value is -2.01. The van der Waals surface area contributed by atoms with E-state index in [2.05, 4.69) is 17.3 Å². The number of amides is 2. The maximum atomic E-state index is 12.3. The minimum Gasteiger partial charge on any atom is -0.334 e. The lowest BCUT2D eigenvalue weighted by atomic mass is 9.94. The van der Waals surface area contributed by atoms with E-state index in [1.807, 2.05) is 51.5 Å². The van der Waals surface area contributed by atoms with E-state index in [0.717, 1.165) is 16.1 Å². The zero-order valence-electron chi connectivity index (χ0n) is 14.0. The summed E-state index contributed by atoms with van der Waals surface area (Å²) >= 11 is 5.93. The van der Waals surface area contributed by atoms with Crippen molar-refractivity contribution >= 4 is 17.6 Å². The Morgan fingerprint density at radius 3 is 2.57 bits per heavy atom. The summed E-state index contributed by atoms with van der Waals surface area (Å²) in [6.07, 6.45) is 3.64. The van der Waals surface area contributed by atoms with Crippen LogP contribution in [0.3, 0.4) is 0 Å². The summed E-state index contributed by atoms with van der Waals surface area (Å²) in [4.78, 5) is 14.1. The van der Waals surface area contributed by atoms with Crippen molar-refractivity contribution in [3.8, 4) is 0 Å². The minimum atomic E-state index is -0.0952. The maximum absolute atomic E-state index is 12.3. The van der Waals surface area contributed by atoms with E-state index in [0.29, 0.717) is 6.54 Å². The van der Waals surface area contributed by atoms with Gasteiger partial charge in [-0.1, -0.05) is 30.7 Å². The topological polar surface area (TPSA) is 50.2 Å². The number of benzene rings is 1. The first-order valence-corrected chi connectivity index (χ1v) is 8.00. The number of carbonyl (C=O) groups is 1. The smallest absolute Gasteiger partial charge is 0.317 e. The molecule has 2 atom stereocenters. The molecule has 1 aromatic carbocycles. The van der Waals surface area contributed by atoms with E-state index in [4.69, 9.17) is 11.6 Å². The van der Waals surface area contributed by atoms with E-state index >= 15 is 0 Å². The van der Waals surface area contributed by atoms with E-state index < -0.39 is 0 Å². The largest absolute Gasteiger partial charge is 0.334 e. The Labute approximate surface area is 142 Å². The third-order valence-electron chi connectivity index (χ3n) is 4.25. The zero-order valence-corrected chi connectivity index (χ0v) is 14.7. The molecule has 0 saturated heterocycles. The van der Waals surface area contributed by atoms with Gasteiger partial charge in [-0.3, -0.25) is 4.68 Å². The summed E-state index contributed by atoms with van der Waals surface area (Å²) in [5.41, 5.74) is 2.14. The molecule has 6 heteroatoms. The van der Waals surface area contributed by atoms with Crippen molar-refractivity contribution in [1.29, 1.82) is 0 Å². The molecule has 2 aromatic rings. The van der Waals surface area contributed by atoms with Crippen LogP contribution in [-0.4, -0.2) is 33.8 Å². The highest BCUT2D eigenvalue weighted by Gasteiger charge is 2.22. The number of aryl methyl sites for hydroxylation is 1. The molecule has 0 radical (unpaired) electrons. The molecule has 0 fully saturated rings. The van der Waals surface area contributed by atoms with Gasteiger partial charge in [0.25, 0.3) is 0 Å². The second-order valence-corrected chi connectivity index (χ2v) is 6.31. The van der Waals surface area contributed by atoms with Gasteiger partial charge in [-0.05, 0) is 24.6 Å². The van der Waals surface area contributed by atoms with Crippen molar-refractivity contribution < 1.29 is 4.79 Å². The Morgan fingerprint density at radius 1 is 1.35 bits per heavy atom. The average Bonchev–Trinajstić information content (AvgIpc) is 2.96. The summed E-state index contributed by atoms with van der Waals surface area (Å²) < 4.78 is 1.72. The van der Waals surface area contributed by atoms with E-state index in [-0.39, 0.29) is 18.0 Å². The van der Waals surface area contributed by atoms with Crippen LogP contribution in [0.1, 0.15) is 30.9 Å². The molecular weight excluding hydrogens is 312 g/mol. The van der Waals surface area contributed by atoms with Crippen LogP contribution in [0.5, 0.6) is 0 Å². The predicted octanol–water partition coefficient (Wildman–Crippen LogP) is 3.41. The predicted molar refractivity (Wildman–Crippen MR) is 92.5 cm³/mol. The monoisotopic (exact) mass is 334 g/mol. The fraction of sp³-hybridized carbons (Fsp3) is 0.412. The summed E-state index contributed by atoms with van der Waals surface area (Å²) in [6, 6.07) is 7.73. The number of halogens is 1. The number of carbonyl (C=O) groups excluding carboxylic acids is 1. The highest BCUT2D eigenvalue weighted by atomic mass is 35.5. The van der Waals surface area contributed by atoms with Gasteiger partial charge in [0.15, 0.2) is 0 Å². The summed E-state index contributed by atoms with van der Waals surface area (Å²) in [5, 5.41) is 7.73. The Morgan fingerprint density at radius 2 is 2.00 bits per heavy atom. The van der Waals surface area contributed by atoms with Crippen molar-refractivity contribution in [3.05, 3.63) is 52.8 Å². The normalized spacial score (nSPS) is 13.4. The summed E-state index contributed by atoms with van der Waals surface area (Å²) in [7, 11) is 3.67. The van der Waals surface area contributed by atoms with Crippen LogP contribution in [0, 0.1) is 0 Å². The standard InChI is InChI=1S/C17H23ClN4O/c1-12(15-5-7-16(18)8-6-15)13(2)22(4)17(23)19-9-14-10-20-21(3)11-14/h5-8,10-13H,9H2,1-4H3,(H,19,23)/t12-,13-/m0/s1. The molecule has 23 heavy (non-hydrogen) atoms. The van der Waals surface area contributed by atoms with Crippen LogP contribution in [0.25, 0.3) is 0 Å². The van der Waals surface area contributed by atoms with Gasteiger partial charge in [0, 0.05) is 49.4 Å². The van der Waals surface area contributed by atoms with Gasteiger partial charge >= 0.3 is 6.03 Å².